The Morgan fingerprint density at radius 2 is 0.823 bits per heavy atom. The third-order valence-corrected chi connectivity index (χ3v) is 11.9. The SMILES string of the molecule is Cc1ccc2c(c1)c1ccccc1n2-c1ccc(-c2nc(C)nc(C)n2)cc1-c1cccc(-c2cccc(-c3nc(C)nc(C)n3)c2-n2c3ccccc3c3cc(C)ccc32)c1. The van der Waals surface area contributed by atoms with Gasteiger partial charge in [-0.1, -0.05) is 90.0 Å². The molecule has 0 spiro atoms. The lowest BCUT2D eigenvalue weighted by Gasteiger charge is -2.20. The van der Waals surface area contributed by atoms with E-state index in [4.69, 9.17) is 19.9 Å². The standard InChI is InChI=1S/C54H42N8/c1-31-21-24-50-45(27-31)41-15-7-9-19-47(41)61(50)49-26-23-39(53-57-33(3)55-34(4)58-53)30-44(49)38-14-11-13-37(29-38)40-17-12-18-43(54-59-35(5)56-36(6)60-54)52(40)62-48-20-10-8-16-42(48)46-28-32(2)22-25-51(46)62/h7-30H,1-6H3. The van der Waals surface area contributed by atoms with Gasteiger partial charge >= 0.3 is 0 Å². The lowest BCUT2D eigenvalue weighted by Crippen LogP contribution is -2.05. The minimum atomic E-state index is 0.639. The van der Waals surface area contributed by atoms with Crippen LogP contribution in [0.2, 0.25) is 0 Å². The lowest BCUT2D eigenvalue weighted by atomic mass is 9.94. The number of aryl methyl sites for hydroxylation is 6. The van der Waals surface area contributed by atoms with Crippen LogP contribution in [0.5, 0.6) is 0 Å². The van der Waals surface area contributed by atoms with Crippen molar-refractivity contribution in [3.05, 3.63) is 180 Å². The fourth-order valence-electron chi connectivity index (χ4n) is 9.31. The summed E-state index contributed by atoms with van der Waals surface area (Å²) in [6, 6.07) is 52.7. The zero-order valence-electron chi connectivity index (χ0n) is 35.4. The van der Waals surface area contributed by atoms with E-state index in [1.807, 2.05) is 27.7 Å². The third-order valence-electron chi connectivity index (χ3n) is 11.9. The van der Waals surface area contributed by atoms with E-state index in [1.165, 1.54) is 32.7 Å². The largest absolute Gasteiger partial charge is 0.309 e. The quantitative estimate of drug-likeness (QED) is 0.166. The number of hydrogen-bond acceptors (Lipinski definition) is 6. The summed E-state index contributed by atoms with van der Waals surface area (Å²) in [5, 5.41) is 4.82. The van der Waals surface area contributed by atoms with Crippen molar-refractivity contribution in [3.63, 3.8) is 0 Å². The molecular formula is C54H42N8. The van der Waals surface area contributed by atoms with Crippen LogP contribution >= 0.6 is 0 Å². The van der Waals surface area contributed by atoms with Gasteiger partial charge < -0.3 is 9.13 Å². The maximum Gasteiger partial charge on any atom is 0.165 e. The van der Waals surface area contributed by atoms with E-state index in [0.29, 0.717) is 34.9 Å². The molecule has 0 aliphatic heterocycles. The van der Waals surface area contributed by atoms with Gasteiger partial charge in [0.1, 0.15) is 23.3 Å². The molecule has 11 aromatic rings. The summed E-state index contributed by atoms with van der Waals surface area (Å²) in [6.45, 7) is 12.0. The van der Waals surface area contributed by atoms with Crippen molar-refractivity contribution in [2.24, 2.45) is 0 Å². The fraction of sp³-hybridized carbons (Fsp3) is 0.111. The van der Waals surface area contributed by atoms with Crippen molar-refractivity contribution >= 4 is 43.6 Å². The normalized spacial score (nSPS) is 11.7. The molecule has 8 heteroatoms. The van der Waals surface area contributed by atoms with Crippen LogP contribution in [-0.4, -0.2) is 39.0 Å². The number of benzene rings is 7. The van der Waals surface area contributed by atoms with Crippen molar-refractivity contribution in [3.8, 4) is 56.4 Å². The van der Waals surface area contributed by atoms with E-state index < -0.39 is 0 Å². The Morgan fingerprint density at radius 3 is 1.45 bits per heavy atom. The lowest BCUT2D eigenvalue weighted by molar-refractivity contribution is 0.926. The van der Waals surface area contributed by atoms with Crippen molar-refractivity contribution in [2.45, 2.75) is 41.5 Å². The van der Waals surface area contributed by atoms with Crippen LogP contribution in [0.25, 0.3) is 100 Å². The first-order chi connectivity index (χ1) is 30.2. The minimum absolute atomic E-state index is 0.639. The van der Waals surface area contributed by atoms with E-state index in [1.54, 1.807) is 0 Å². The average molecular weight is 803 g/mol. The molecule has 0 aliphatic carbocycles. The first-order valence-electron chi connectivity index (χ1n) is 21.0. The van der Waals surface area contributed by atoms with Crippen LogP contribution in [0.4, 0.5) is 0 Å². The van der Waals surface area contributed by atoms with Gasteiger partial charge in [-0.25, -0.2) is 29.9 Å². The molecule has 0 aliphatic rings. The Morgan fingerprint density at radius 1 is 0.323 bits per heavy atom. The van der Waals surface area contributed by atoms with Gasteiger partial charge in [0.2, 0.25) is 0 Å². The van der Waals surface area contributed by atoms with Crippen molar-refractivity contribution in [2.75, 3.05) is 0 Å². The molecule has 0 fully saturated rings. The van der Waals surface area contributed by atoms with Gasteiger partial charge in [-0.05, 0) is 119 Å². The second-order valence-corrected chi connectivity index (χ2v) is 16.3. The molecule has 0 radical (unpaired) electrons. The molecule has 0 N–H and O–H groups in total. The third kappa shape index (κ3) is 6.14. The van der Waals surface area contributed by atoms with Crippen LogP contribution in [0, 0.1) is 41.5 Å². The molecule has 7 aromatic carbocycles. The van der Waals surface area contributed by atoms with Crippen LogP contribution < -0.4 is 0 Å². The molecule has 4 aromatic heterocycles. The molecule has 0 atom stereocenters. The van der Waals surface area contributed by atoms with Gasteiger partial charge in [0.15, 0.2) is 11.6 Å². The zero-order valence-corrected chi connectivity index (χ0v) is 35.4. The van der Waals surface area contributed by atoms with Crippen LogP contribution in [-0.2, 0) is 0 Å². The minimum Gasteiger partial charge on any atom is -0.309 e. The summed E-state index contributed by atoms with van der Waals surface area (Å²) in [6.07, 6.45) is 0. The predicted octanol–water partition coefficient (Wildman–Crippen LogP) is 12.8. The van der Waals surface area contributed by atoms with Crippen molar-refractivity contribution in [1.82, 2.24) is 39.0 Å². The smallest absolute Gasteiger partial charge is 0.165 e. The fourth-order valence-corrected chi connectivity index (χ4v) is 9.31. The Balaban J connectivity index is 1.20. The summed E-state index contributed by atoms with van der Waals surface area (Å²) in [7, 11) is 0. The molecule has 0 amide bonds. The Kier molecular flexibility index (Phi) is 8.65. The van der Waals surface area contributed by atoms with Gasteiger partial charge in [-0.15, -0.1) is 0 Å². The number of para-hydroxylation sites is 3. The topological polar surface area (TPSA) is 87.2 Å². The Bertz CT molecular complexity index is 3550. The second-order valence-electron chi connectivity index (χ2n) is 16.3. The highest BCUT2D eigenvalue weighted by molar-refractivity contribution is 6.12. The van der Waals surface area contributed by atoms with Crippen LogP contribution in [0.3, 0.4) is 0 Å². The van der Waals surface area contributed by atoms with Gasteiger partial charge in [0.25, 0.3) is 0 Å². The van der Waals surface area contributed by atoms with Gasteiger partial charge in [0, 0.05) is 43.8 Å². The number of aromatic nitrogens is 8. The van der Waals surface area contributed by atoms with Crippen LogP contribution in [0.15, 0.2) is 146 Å². The molecule has 298 valence electrons. The first-order valence-corrected chi connectivity index (χ1v) is 21.0. The van der Waals surface area contributed by atoms with Crippen molar-refractivity contribution in [1.29, 1.82) is 0 Å². The first kappa shape index (κ1) is 37.2. The number of nitrogens with zero attached hydrogens (tertiary/aromatic N) is 8. The maximum absolute atomic E-state index is 4.94. The van der Waals surface area contributed by atoms with E-state index in [-0.39, 0.29) is 0 Å². The number of hydrogen-bond donors (Lipinski definition) is 0. The summed E-state index contributed by atoms with van der Waals surface area (Å²) >= 11 is 0. The summed E-state index contributed by atoms with van der Waals surface area (Å²) in [5.74, 6) is 4.03. The Labute approximate surface area is 359 Å². The van der Waals surface area contributed by atoms with E-state index in [0.717, 1.165) is 66.8 Å². The van der Waals surface area contributed by atoms with E-state index in [9.17, 15) is 0 Å². The summed E-state index contributed by atoms with van der Waals surface area (Å²) in [4.78, 5) is 28.5. The van der Waals surface area contributed by atoms with Gasteiger partial charge in [0.05, 0.1) is 33.4 Å². The maximum atomic E-state index is 4.94. The average Bonchev–Trinajstić information content (AvgIpc) is 3.77. The molecule has 11 rings (SSSR count). The van der Waals surface area contributed by atoms with Crippen LogP contribution in [0.1, 0.15) is 34.4 Å². The Hall–Kier alpha value is -7.84. The molecule has 62 heavy (non-hydrogen) atoms. The molecule has 0 saturated carbocycles. The molecule has 0 bridgehead atoms. The molecule has 0 unspecified atom stereocenters. The number of fused-ring (bicyclic) bond motifs is 6. The molecule has 8 nitrogen and oxygen atoms in total. The van der Waals surface area contributed by atoms with Crippen molar-refractivity contribution < 1.29 is 0 Å². The highest BCUT2D eigenvalue weighted by Gasteiger charge is 2.23. The highest BCUT2D eigenvalue weighted by Crippen LogP contribution is 2.43. The van der Waals surface area contributed by atoms with Gasteiger partial charge in [-0.3, -0.25) is 0 Å². The zero-order chi connectivity index (χ0) is 42.2. The summed E-state index contributed by atoms with van der Waals surface area (Å²) in [5.41, 5.74) is 15.1. The molecular weight excluding hydrogens is 761 g/mol. The monoisotopic (exact) mass is 802 g/mol. The molecule has 0 saturated heterocycles. The van der Waals surface area contributed by atoms with E-state index in [2.05, 4.69) is 179 Å². The van der Waals surface area contributed by atoms with E-state index >= 15 is 0 Å². The summed E-state index contributed by atoms with van der Waals surface area (Å²) < 4.78 is 4.80. The number of rotatable bonds is 6. The highest BCUT2D eigenvalue weighted by atomic mass is 15.1. The predicted molar refractivity (Wildman–Crippen MR) is 252 cm³/mol. The molecule has 4 heterocycles. The second kappa shape index (κ2) is 14.4. The van der Waals surface area contributed by atoms with Gasteiger partial charge in [-0.2, -0.15) is 0 Å².